The third-order valence-electron chi connectivity index (χ3n) is 3.73. The molecule has 3 rings (SSSR count). The molecule has 104 valence electrons. The molecule has 4 nitrogen and oxygen atoms in total. The van der Waals surface area contributed by atoms with Gasteiger partial charge in [-0.15, -0.1) is 0 Å². The lowest BCUT2D eigenvalue weighted by molar-refractivity contribution is -0.152. The van der Waals surface area contributed by atoms with Gasteiger partial charge >= 0.3 is 5.97 Å². The van der Waals surface area contributed by atoms with Gasteiger partial charge in [-0.25, -0.2) is 4.79 Å². The van der Waals surface area contributed by atoms with E-state index in [0.717, 1.165) is 12.0 Å². The van der Waals surface area contributed by atoms with Crippen molar-refractivity contribution in [3.63, 3.8) is 0 Å². The summed E-state index contributed by atoms with van der Waals surface area (Å²) < 4.78 is 4.97. The van der Waals surface area contributed by atoms with Crippen molar-refractivity contribution in [3.05, 3.63) is 59.7 Å². The van der Waals surface area contributed by atoms with Gasteiger partial charge in [0.1, 0.15) is 12.2 Å². The van der Waals surface area contributed by atoms with Crippen LogP contribution in [0.4, 0.5) is 0 Å². The number of esters is 1. The van der Waals surface area contributed by atoms with Crippen LogP contribution >= 0.6 is 0 Å². The van der Waals surface area contributed by atoms with Crippen LogP contribution in [0.15, 0.2) is 54.1 Å². The fraction of sp³-hybridized carbons (Fsp3) is 0.312. The van der Waals surface area contributed by atoms with E-state index in [9.17, 15) is 15.0 Å². The van der Waals surface area contributed by atoms with Crippen molar-refractivity contribution in [2.24, 2.45) is 0 Å². The molecule has 20 heavy (non-hydrogen) atoms. The Balaban J connectivity index is 1.75. The summed E-state index contributed by atoms with van der Waals surface area (Å²) in [5.41, 5.74) is 0.116. The van der Waals surface area contributed by atoms with E-state index in [2.05, 4.69) is 0 Å². The van der Waals surface area contributed by atoms with Gasteiger partial charge < -0.3 is 14.9 Å². The molecule has 0 radical (unpaired) electrons. The summed E-state index contributed by atoms with van der Waals surface area (Å²) in [6.45, 7) is 0. The molecule has 2 bridgehead atoms. The first-order valence-corrected chi connectivity index (χ1v) is 6.63. The SMILES string of the molecule is O=C1OC2C[C@@]1(O)C=C(/C=C/Cc1ccccc1)[C@H]2O. The summed E-state index contributed by atoms with van der Waals surface area (Å²) >= 11 is 0. The van der Waals surface area contributed by atoms with Gasteiger partial charge in [0.05, 0.1) is 0 Å². The lowest BCUT2D eigenvalue weighted by Crippen LogP contribution is -2.37. The van der Waals surface area contributed by atoms with Crippen molar-refractivity contribution in [1.82, 2.24) is 0 Å². The number of aliphatic hydroxyl groups excluding tert-OH is 1. The maximum absolute atomic E-state index is 11.5. The lowest BCUT2D eigenvalue weighted by atomic mass is 9.85. The van der Waals surface area contributed by atoms with Crippen LogP contribution in [0, 0.1) is 0 Å². The fourth-order valence-corrected chi connectivity index (χ4v) is 2.63. The Hall–Kier alpha value is -1.91. The Bertz CT molecular complexity index is 575. The highest BCUT2D eigenvalue weighted by Crippen LogP contribution is 2.37. The molecule has 2 N–H and O–H groups in total. The number of rotatable bonds is 3. The zero-order chi connectivity index (χ0) is 14.2. The quantitative estimate of drug-likeness (QED) is 0.810. The Morgan fingerprint density at radius 2 is 2.10 bits per heavy atom. The molecule has 0 amide bonds. The monoisotopic (exact) mass is 272 g/mol. The van der Waals surface area contributed by atoms with Gasteiger partial charge in [-0.05, 0) is 23.6 Å². The Morgan fingerprint density at radius 1 is 1.35 bits per heavy atom. The summed E-state index contributed by atoms with van der Waals surface area (Å²) in [5, 5.41) is 20.2. The highest BCUT2D eigenvalue weighted by atomic mass is 16.6. The molecule has 1 aliphatic heterocycles. The fourth-order valence-electron chi connectivity index (χ4n) is 2.63. The molecule has 1 aromatic carbocycles. The zero-order valence-electron chi connectivity index (χ0n) is 10.9. The molecule has 4 heteroatoms. The molecule has 1 heterocycles. The molecule has 1 saturated heterocycles. The number of carbonyl (C=O) groups is 1. The smallest absolute Gasteiger partial charge is 0.342 e. The van der Waals surface area contributed by atoms with Crippen LogP contribution in [0.5, 0.6) is 0 Å². The minimum atomic E-state index is -1.57. The summed E-state index contributed by atoms with van der Waals surface area (Å²) in [5.74, 6) is -0.673. The average molecular weight is 272 g/mol. The van der Waals surface area contributed by atoms with Gasteiger partial charge in [0, 0.05) is 6.42 Å². The maximum atomic E-state index is 11.5. The molecule has 3 atom stereocenters. The molecule has 1 fully saturated rings. The van der Waals surface area contributed by atoms with E-state index in [4.69, 9.17) is 4.74 Å². The van der Waals surface area contributed by atoms with Crippen LogP contribution in [0.2, 0.25) is 0 Å². The standard InChI is InChI=1S/C16H16O4/c17-14-12(8-4-7-11-5-2-1-3-6-11)9-16(19)10-13(14)20-15(16)18/h1-6,8-9,13-14,17,19H,7,10H2/b8-4+/t13?,14-,16+/m1/s1. The van der Waals surface area contributed by atoms with Gasteiger partial charge in [0.25, 0.3) is 0 Å². The normalized spacial score (nSPS) is 32.3. The second-order valence-electron chi connectivity index (χ2n) is 5.25. The van der Waals surface area contributed by atoms with E-state index >= 15 is 0 Å². The molecule has 0 saturated carbocycles. The average Bonchev–Trinajstić information content (AvgIpc) is 2.69. The maximum Gasteiger partial charge on any atom is 0.342 e. The number of carbonyl (C=O) groups excluding carboxylic acids is 1. The van der Waals surface area contributed by atoms with Crippen LogP contribution in [0.25, 0.3) is 0 Å². The van der Waals surface area contributed by atoms with Crippen LogP contribution in [0.3, 0.4) is 0 Å². The number of hydrogen-bond donors (Lipinski definition) is 2. The number of ether oxygens (including phenoxy) is 1. The highest BCUT2D eigenvalue weighted by molar-refractivity contribution is 5.85. The zero-order valence-corrected chi connectivity index (χ0v) is 10.9. The number of aliphatic hydroxyl groups is 2. The van der Waals surface area contributed by atoms with Crippen LogP contribution < -0.4 is 0 Å². The predicted octanol–water partition coefficient (Wildman–Crippen LogP) is 1.13. The van der Waals surface area contributed by atoms with Crippen molar-refractivity contribution >= 4 is 5.97 Å². The molecule has 1 unspecified atom stereocenters. The number of benzene rings is 1. The van der Waals surface area contributed by atoms with E-state index in [1.807, 2.05) is 36.4 Å². The lowest BCUT2D eigenvalue weighted by Gasteiger charge is -2.24. The summed E-state index contributed by atoms with van der Waals surface area (Å²) in [6.07, 6.45) is 4.40. The summed E-state index contributed by atoms with van der Waals surface area (Å²) in [7, 11) is 0. The van der Waals surface area contributed by atoms with Gasteiger partial charge in [0.15, 0.2) is 5.60 Å². The second kappa shape index (κ2) is 4.89. The number of allylic oxidation sites excluding steroid dienone is 1. The van der Waals surface area contributed by atoms with E-state index < -0.39 is 23.8 Å². The first-order valence-electron chi connectivity index (χ1n) is 6.63. The number of hydrogen-bond acceptors (Lipinski definition) is 4. The van der Waals surface area contributed by atoms with Gasteiger partial charge in [-0.2, -0.15) is 0 Å². The second-order valence-corrected chi connectivity index (χ2v) is 5.25. The third-order valence-corrected chi connectivity index (χ3v) is 3.73. The Labute approximate surface area is 117 Å². The largest absolute Gasteiger partial charge is 0.457 e. The van der Waals surface area contributed by atoms with Crippen molar-refractivity contribution < 1.29 is 19.7 Å². The van der Waals surface area contributed by atoms with E-state index in [-0.39, 0.29) is 6.42 Å². The van der Waals surface area contributed by atoms with Gasteiger partial charge in [-0.3, -0.25) is 0 Å². The molecule has 1 aliphatic carbocycles. The van der Waals surface area contributed by atoms with Gasteiger partial charge in [0.2, 0.25) is 0 Å². The minimum Gasteiger partial charge on any atom is -0.457 e. The molecular formula is C16H16O4. The summed E-state index contributed by atoms with van der Waals surface area (Å²) in [4.78, 5) is 11.5. The van der Waals surface area contributed by atoms with Crippen molar-refractivity contribution in [2.75, 3.05) is 0 Å². The topological polar surface area (TPSA) is 66.8 Å². The minimum absolute atomic E-state index is 0.128. The molecule has 0 spiro atoms. The van der Waals surface area contributed by atoms with E-state index in [1.54, 1.807) is 6.08 Å². The van der Waals surface area contributed by atoms with E-state index in [1.165, 1.54) is 6.08 Å². The van der Waals surface area contributed by atoms with Crippen LogP contribution in [-0.4, -0.2) is 34.0 Å². The van der Waals surface area contributed by atoms with Gasteiger partial charge in [-0.1, -0.05) is 42.5 Å². The molecule has 2 aliphatic rings. The Kier molecular flexibility index (Phi) is 3.20. The molecular weight excluding hydrogens is 256 g/mol. The summed E-state index contributed by atoms with van der Waals surface area (Å²) in [6, 6.07) is 9.91. The first kappa shape index (κ1) is 13.1. The molecule has 1 aromatic rings. The molecule has 0 aromatic heterocycles. The third kappa shape index (κ3) is 2.28. The van der Waals surface area contributed by atoms with Crippen molar-refractivity contribution in [1.29, 1.82) is 0 Å². The highest BCUT2D eigenvalue weighted by Gasteiger charge is 2.52. The first-order chi connectivity index (χ1) is 9.58. The van der Waals surface area contributed by atoms with Crippen LogP contribution in [-0.2, 0) is 16.0 Å². The Morgan fingerprint density at radius 3 is 2.85 bits per heavy atom. The van der Waals surface area contributed by atoms with Crippen LogP contribution in [0.1, 0.15) is 12.0 Å². The van der Waals surface area contributed by atoms with Crippen molar-refractivity contribution in [2.45, 2.75) is 30.7 Å². The number of fused-ring (bicyclic) bond motifs is 2. The van der Waals surface area contributed by atoms with E-state index in [0.29, 0.717) is 5.57 Å². The predicted molar refractivity (Wildman–Crippen MR) is 72.8 cm³/mol. The van der Waals surface area contributed by atoms with Crippen molar-refractivity contribution in [3.8, 4) is 0 Å².